The maximum atomic E-state index is 13.6. The van der Waals surface area contributed by atoms with Gasteiger partial charge in [0.05, 0.1) is 6.54 Å². The van der Waals surface area contributed by atoms with E-state index in [0.29, 0.717) is 5.82 Å². The third-order valence-electron chi connectivity index (χ3n) is 2.83. The van der Waals surface area contributed by atoms with Gasteiger partial charge in [-0.1, -0.05) is 0 Å². The molecule has 1 amide bonds. The minimum atomic E-state index is -0.803. The van der Waals surface area contributed by atoms with E-state index in [-0.39, 0.29) is 17.8 Å². The zero-order valence-corrected chi connectivity index (χ0v) is 11.1. The number of nitrogens with one attached hydrogen (secondary N) is 2. The summed E-state index contributed by atoms with van der Waals surface area (Å²) in [6.45, 7) is 0.225. The van der Waals surface area contributed by atoms with Crippen LogP contribution in [-0.4, -0.2) is 34.9 Å². The Kier molecular flexibility index (Phi) is 3.97. The number of hydrogen-bond acceptors (Lipinski definition) is 3. The van der Waals surface area contributed by atoms with Gasteiger partial charge in [0.25, 0.3) is 5.91 Å². The summed E-state index contributed by atoms with van der Waals surface area (Å²) in [5.74, 6) is -1.50. The summed E-state index contributed by atoms with van der Waals surface area (Å²) in [7, 11) is 2.94. The number of imidazole rings is 1. The number of anilines is 1. The first-order chi connectivity index (χ1) is 9.52. The lowest BCUT2D eigenvalue weighted by molar-refractivity contribution is 0.0781. The number of nitrogens with zero attached hydrogens (tertiary/aromatic N) is 2. The molecule has 0 unspecified atom stereocenters. The van der Waals surface area contributed by atoms with Crippen LogP contribution >= 0.6 is 0 Å². The largest absolute Gasteiger partial charge is 0.383 e. The van der Waals surface area contributed by atoms with Gasteiger partial charge in [0.1, 0.15) is 23.1 Å². The number of carbonyl (C=O) groups excluding carboxylic acids is 1. The van der Waals surface area contributed by atoms with Crippen molar-refractivity contribution < 1.29 is 13.6 Å². The van der Waals surface area contributed by atoms with Crippen molar-refractivity contribution in [1.82, 2.24) is 14.9 Å². The van der Waals surface area contributed by atoms with Crippen molar-refractivity contribution in [3.05, 3.63) is 47.5 Å². The highest BCUT2D eigenvalue weighted by molar-refractivity contribution is 5.94. The lowest BCUT2D eigenvalue weighted by Gasteiger charge is -2.16. The van der Waals surface area contributed by atoms with Crippen molar-refractivity contribution in [3.8, 4) is 0 Å². The summed E-state index contributed by atoms with van der Waals surface area (Å²) in [5, 5.41) is 2.41. The molecule has 1 heterocycles. The summed E-state index contributed by atoms with van der Waals surface area (Å²) in [5.41, 5.74) is -0.303. The van der Waals surface area contributed by atoms with E-state index in [9.17, 15) is 13.6 Å². The van der Waals surface area contributed by atoms with Gasteiger partial charge in [-0.3, -0.25) is 4.79 Å². The second-order valence-electron chi connectivity index (χ2n) is 4.26. The highest BCUT2D eigenvalue weighted by Gasteiger charge is 2.17. The number of hydrogen-bond donors (Lipinski definition) is 2. The van der Waals surface area contributed by atoms with E-state index < -0.39 is 17.5 Å². The van der Waals surface area contributed by atoms with E-state index in [1.165, 1.54) is 19.0 Å². The molecule has 5 nitrogen and oxygen atoms in total. The van der Waals surface area contributed by atoms with Crippen molar-refractivity contribution in [2.45, 2.75) is 6.54 Å². The zero-order chi connectivity index (χ0) is 14.7. The number of rotatable bonds is 4. The summed E-state index contributed by atoms with van der Waals surface area (Å²) in [6, 6.07) is 2.02. The predicted octanol–water partition coefficient (Wildman–Crippen LogP) is 2.00. The third-order valence-corrected chi connectivity index (χ3v) is 2.83. The lowest BCUT2D eigenvalue weighted by Crippen LogP contribution is -2.27. The Morgan fingerprint density at radius 1 is 1.40 bits per heavy atom. The molecule has 0 bridgehead atoms. The van der Waals surface area contributed by atoms with Gasteiger partial charge in [0, 0.05) is 32.1 Å². The van der Waals surface area contributed by atoms with Gasteiger partial charge < -0.3 is 15.2 Å². The highest BCUT2D eigenvalue weighted by atomic mass is 19.1. The Hall–Kier alpha value is -2.44. The molecule has 1 aromatic carbocycles. The van der Waals surface area contributed by atoms with Crippen molar-refractivity contribution >= 4 is 11.6 Å². The molecule has 0 radical (unpaired) electrons. The highest BCUT2D eigenvalue weighted by Crippen LogP contribution is 2.21. The van der Waals surface area contributed by atoms with E-state index in [2.05, 4.69) is 15.3 Å². The molecule has 0 fully saturated rings. The van der Waals surface area contributed by atoms with Crippen LogP contribution in [0.1, 0.15) is 16.2 Å². The van der Waals surface area contributed by atoms with Gasteiger partial charge in [-0.25, -0.2) is 13.8 Å². The van der Waals surface area contributed by atoms with Crippen LogP contribution in [0.15, 0.2) is 24.5 Å². The minimum Gasteiger partial charge on any atom is -0.383 e. The van der Waals surface area contributed by atoms with Crippen LogP contribution in [0.3, 0.4) is 0 Å². The van der Waals surface area contributed by atoms with Crippen LogP contribution in [0.5, 0.6) is 0 Å². The number of aromatic amines is 1. The number of amides is 1. The third kappa shape index (κ3) is 2.76. The molecular weight excluding hydrogens is 266 g/mol. The molecule has 1 aromatic heterocycles. The molecule has 0 saturated carbocycles. The van der Waals surface area contributed by atoms with Crippen molar-refractivity contribution in [1.29, 1.82) is 0 Å². The second-order valence-corrected chi connectivity index (χ2v) is 4.26. The first kappa shape index (κ1) is 14.0. The average molecular weight is 280 g/mol. The molecule has 0 atom stereocenters. The molecule has 2 aromatic rings. The van der Waals surface area contributed by atoms with Crippen LogP contribution in [0.4, 0.5) is 14.5 Å². The fourth-order valence-electron chi connectivity index (χ4n) is 1.84. The van der Waals surface area contributed by atoms with Crippen LogP contribution in [-0.2, 0) is 6.54 Å². The minimum absolute atomic E-state index is 0.0481. The SMILES string of the molecule is CNc1c(F)cc(C(=O)N(C)Cc2ncc[nH]2)cc1F. The fourth-order valence-corrected chi connectivity index (χ4v) is 1.84. The number of benzene rings is 1. The summed E-state index contributed by atoms with van der Waals surface area (Å²) in [6.07, 6.45) is 3.20. The summed E-state index contributed by atoms with van der Waals surface area (Å²) < 4.78 is 27.2. The predicted molar refractivity (Wildman–Crippen MR) is 70.3 cm³/mol. The Morgan fingerprint density at radius 3 is 2.55 bits per heavy atom. The van der Waals surface area contributed by atoms with Gasteiger partial charge >= 0.3 is 0 Å². The molecule has 0 aliphatic heterocycles. The molecule has 2 N–H and O–H groups in total. The van der Waals surface area contributed by atoms with Gasteiger partial charge in [-0.2, -0.15) is 0 Å². The molecule has 106 valence electrons. The standard InChI is InChI=1S/C13H14F2N4O/c1-16-12-9(14)5-8(6-10(12)15)13(20)19(2)7-11-17-3-4-18-11/h3-6,16H,7H2,1-2H3,(H,17,18). The second kappa shape index (κ2) is 5.68. The van der Waals surface area contributed by atoms with Crippen LogP contribution in [0.25, 0.3) is 0 Å². The first-order valence-corrected chi connectivity index (χ1v) is 5.93. The molecule has 2 rings (SSSR count). The zero-order valence-electron chi connectivity index (χ0n) is 11.1. The number of carbonyl (C=O) groups is 1. The Balaban J connectivity index is 2.20. The molecule has 0 saturated heterocycles. The van der Waals surface area contributed by atoms with Crippen LogP contribution in [0.2, 0.25) is 0 Å². The van der Waals surface area contributed by atoms with Gasteiger partial charge in [0.2, 0.25) is 0 Å². The maximum Gasteiger partial charge on any atom is 0.254 e. The normalized spacial score (nSPS) is 10.4. The Morgan fingerprint density at radius 2 is 2.05 bits per heavy atom. The monoisotopic (exact) mass is 280 g/mol. The lowest BCUT2D eigenvalue weighted by atomic mass is 10.1. The molecule has 0 aliphatic rings. The molecule has 0 spiro atoms. The van der Waals surface area contributed by atoms with Crippen LogP contribution in [0, 0.1) is 11.6 Å². The smallest absolute Gasteiger partial charge is 0.254 e. The van der Waals surface area contributed by atoms with Crippen molar-refractivity contribution in [2.75, 3.05) is 19.4 Å². The van der Waals surface area contributed by atoms with Gasteiger partial charge in [-0.05, 0) is 12.1 Å². The molecule has 0 aliphatic carbocycles. The number of aromatic nitrogens is 2. The fraction of sp³-hybridized carbons (Fsp3) is 0.231. The Bertz CT molecular complexity index is 590. The number of H-pyrrole nitrogens is 1. The van der Waals surface area contributed by atoms with E-state index in [1.54, 1.807) is 12.4 Å². The molecular formula is C13H14F2N4O. The summed E-state index contributed by atoms with van der Waals surface area (Å²) in [4.78, 5) is 20.3. The van der Waals surface area contributed by atoms with Crippen molar-refractivity contribution in [3.63, 3.8) is 0 Å². The van der Waals surface area contributed by atoms with Crippen LogP contribution < -0.4 is 5.32 Å². The Labute approximate surface area is 114 Å². The van der Waals surface area contributed by atoms with Gasteiger partial charge in [-0.15, -0.1) is 0 Å². The van der Waals surface area contributed by atoms with Crippen molar-refractivity contribution in [2.24, 2.45) is 0 Å². The average Bonchev–Trinajstić information content (AvgIpc) is 2.90. The topological polar surface area (TPSA) is 61.0 Å². The van der Waals surface area contributed by atoms with E-state index in [0.717, 1.165) is 12.1 Å². The van der Waals surface area contributed by atoms with E-state index in [4.69, 9.17) is 0 Å². The number of halogens is 2. The quantitative estimate of drug-likeness (QED) is 0.900. The summed E-state index contributed by atoms with van der Waals surface area (Å²) >= 11 is 0. The van der Waals surface area contributed by atoms with Gasteiger partial charge in [0.15, 0.2) is 0 Å². The molecule has 20 heavy (non-hydrogen) atoms. The first-order valence-electron chi connectivity index (χ1n) is 5.93. The van der Waals surface area contributed by atoms with E-state index >= 15 is 0 Å². The molecule has 7 heteroatoms. The van der Waals surface area contributed by atoms with E-state index in [1.807, 2.05) is 0 Å². The maximum absolute atomic E-state index is 13.6.